The summed E-state index contributed by atoms with van der Waals surface area (Å²) in [5, 5.41) is 3.93. The lowest BCUT2D eigenvalue weighted by molar-refractivity contribution is 0.804. The summed E-state index contributed by atoms with van der Waals surface area (Å²) in [5.74, 6) is 1.21. The van der Waals surface area contributed by atoms with Crippen LogP contribution in [-0.4, -0.2) is 0 Å². The molecule has 3 nitrogen and oxygen atoms in total. The van der Waals surface area contributed by atoms with Crippen LogP contribution in [0.5, 0.6) is 0 Å². The highest BCUT2D eigenvalue weighted by atomic mass is 15.1. The zero-order valence-electron chi connectivity index (χ0n) is 12.2. The first-order chi connectivity index (χ1) is 8.38. The van der Waals surface area contributed by atoms with E-state index in [1.165, 1.54) is 5.56 Å². The van der Waals surface area contributed by atoms with Crippen molar-refractivity contribution in [3.05, 3.63) is 39.3 Å². The second-order valence-electron chi connectivity index (χ2n) is 5.70. The topological polar surface area (TPSA) is 48.8 Å². The fourth-order valence-electron chi connectivity index (χ4n) is 2.08. The van der Waals surface area contributed by atoms with E-state index in [0.29, 0.717) is 17.8 Å². The van der Waals surface area contributed by atoms with Crippen molar-refractivity contribution in [2.75, 3.05) is 0 Å². The Morgan fingerprint density at radius 1 is 0.889 bits per heavy atom. The number of hydrogen-bond donors (Lipinski definition) is 0. The Morgan fingerprint density at radius 3 is 1.61 bits per heavy atom. The van der Waals surface area contributed by atoms with E-state index in [1.54, 1.807) is 0 Å². The smallest absolute Gasteiger partial charge is 0.0444 e. The lowest BCUT2D eigenvalue weighted by Crippen LogP contribution is -1.99. The molecule has 0 aliphatic carbocycles. The van der Waals surface area contributed by atoms with Gasteiger partial charge < -0.3 is 0 Å². The van der Waals surface area contributed by atoms with Crippen LogP contribution in [-0.2, 0) is 0 Å². The molecule has 0 amide bonds. The zero-order chi connectivity index (χ0) is 13.9. The van der Waals surface area contributed by atoms with Gasteiger partial charge in [-0.1, -0.05) is 58.8 Å². The number of rotatable bonds is 4. The largest absolute Gasteiger partial charge is 0.0602 e. The van der Waals surface area contributed by atoms with Gasteiger partial charge >= 0.3 is 0 Å². The minimum absolute atomic E-state index is 0.363. The normalized spacial score (nSPS) is 11.2. The number of hydrogen-bond acceptors (Lipinski definition) is 1. The molecule has 0 aliphatic rings. The Kier molecular flexibility index (Phi) is 4.80. The first-order valence-corrected chi connectivity index (χ1v) is 6.61. The van der Waals surface area contributed by atoms with E-state index in [9.17, 15) is 0 Å². The highest BCUT2D eigenvalue weighted by molar-refractivity contribution is 5.58. The molecular formula is C15H23N3. The van der Waals surface area contributed by atoms with E-state index in [1.807, 2.05) is 0 Å². The van der Waals surface area contributed by atoms with Gasteiger partial charge in [0.2, 0.25) is 0 Å². The van der Waals surface area contributed by atoms with Crippen molar-refractivity contribution in [3.63, 3.8) is 0 Å². The van der Waals surface area contributed by atoms with Crippen LogP contribution < -0.4 is 0 Å². The van der Waals surface area contributed by atoms with Gasteiger partial charge in [-0.2, -0.15) is 0 Å². The van der Waals surface area contributed by atoms with E-state index < -0.39 is 0 Å². The zero-order valence-corrected chi connectivity index (χ0v) is 12.2. The summed E-state index contributed by atoms with van der Waals surface area (Å²) in [4.78, 5) is 2.99. The average Bonchev–Trinajstić information content (AvgIpc) is 2.28. The molecule has 0 saturated carbocycles. The van der Waals surface area contributed by atoms with Crippen molar-refractivity contribution >= 4 is 5.69 Å². The summed E-state index contributed by atoms with van der Waals surface area (Å²) in [6.07, 6.45) is 0. The van der Waals surface area contributed by atoms with Gasteiger partial charge in [-0.05, 0) is 40.0 Å². The third-order valence-corrected chi connectivity index (χ3v) is 3.25. The quantitative estimate of drug-likeness (QED) is 0.355. The van der Waals surface area contributed by atoms with Gasteiger partial charge in [0.15, 0.2) is 0 Å². The third-order valence-electron chi connectivity index (χ3n) is 3.25. The minimum Gasteiger partial charge on any atom is -0.0602 e. The summed E-state index contributed by atoms with van der Waals surface area (Å²) >= 11 is 0. The van der Waals surface area contributed by atoms with Crippen LogP contribution in [0.1, 0.15) is 76.0 Å². The Labute approximate surface area is 110 Å². The van der Waals surface area contributed by atoms with Crippen LogP contribution in [0.3, 0.4) is 0 Å². The molecule has 0 aromatic heterocycles. The maximum atomic E-state index is 8.77. The Balaban J connectivity index is 3.59. The van der Waals surface area contributed by atoms with E-state index in [0.717, 1.165) is 16.8 Å². The Hall–Kier alpha value is -1.47. The Bertz CT molecular complexity index is 438. The summed E-state index contributed by atoms with van der Waals surface area (Å²) in [6, 6.07) is 4.37. The summed E-state index contributed by atoms with van der Waals surface area (Å²) in [5.41, 5.74) is 13.2. The molecule has 1 rings (SSSR count). The standard InChI is InChI=1S/C15H23N3/c1-9(2)12-7-13(10(3)4)15(17-18-16)14(8-12)11(5)6/h7-11H,1-6H3. The highest BCUT2D eigenvalue weighted by Gasteiger charge is 2.15. The predicted octanol–water partition coefficient (Wildman–Crippen LogP) is 6.00. The highest BCUT2D eigenvalue weighted by Crippen LogP contribution is 2.37. The van der Waals surface area contributed by atoms with Crippen LogP contribution in [0.2, 0.25) is 0 Å². The van der Waals surface area contributed by atoms with E-state index in [2.05, 4.69) is 63.7 Å². The van der Waals surface area contributed by atoms with Gasteiger partial charge in [-0.3, -0.25) is 0 Å². The molecule has 0 saturated heterocycles. The monoisotopic (exact) mass is 245 g/mol. The second kappa shape index (κ2) is 5.92. The summed E-state index contributed by atoms with van der Waals surface area (Å²) in [6.45, 7) is 12.9. The van der Waals surface area contributed by atoms with Crippen molar-refractivity contribution in [2.24, 2.45) is 5.11 Å². The molecule has 1 aromatic rings. The van der Waals surface area contributed by atoms with Crippen LogP contribution >= 0.6 is 0 Å². The molecule has 0 atom stereocenters. The van der Waals surface area contributed by atoms with Crippen molar-refractivity contribution in [3.8, 4) is 0 Å². The molecule has 1 aromatic carbocycles. The lowest BCUT2D eigenvalue weighted by Gasteiger charge is -2.20. The Morgan fingerprint density at radius 2 is 1.33 bits per heavy atom. The van der Waals surface area contributed by atoms with Gasteiger partial charge in [-0.15, -0.1) is 0 Å². The summed E-state index contributed by atoms with van der Waals surface area (Å²) < 4.78 is 0. The van der Waals surface area contributed by atoms with E-state index in [4.69, 9.17) is 5.53 Å². The average molecular weight is 245 g/mol. The van der Waals surface area contributed by atoms with Crippen LogP contribution in [0.25, 0.3) is 10.4 Å². The van der Waals surface area contributed by atoms with Crippen molar-refractivity contribution in [1.82, 2.24) is 0 Å². The summed E-state index contributed by atoms with van der Waals surface area (Å²) in [7, 11) is 0. The number of benzene rings is 1. The molecule has 98 valence electrons. The van der Waals surface area contributed by atoms with Crippen molar-refractivity contribution in [2.45, 2.75) is 59.3 Å². The van der Waals surface area contributed by atoms with Gasteiger partial charge in [0, 0.05) is 10.6 Å². The number of azide groups is 1. The fourth-order valence-corrected chi connectivity index (χ4v) is 2.08. The SMILES string of the molecule is CC(C)c1cc(C(C)C)c(N=[N+]=[N-])c(C(C)C)c1. The number of nitrogens with zero attached hydrogens (tertiary/aromatic N) is 3. The molecule has 0 unspecified atom stereocenters. The van der Waals surface area contributed by atoms with Crippen LogP contribution in [0.4, 0.5) is 5.69 Å². The lowest BCUT2D eigenvalue weighted by atomic mass is 9.88. The van der Waals surface area contributed by atoms with Crippen LogP contribution in [0.15, 0.2) is 17.2 Å². The maximum Gasteiger partial charge on any atom is 0.0444 e. The first-order valence-electron chi connectivity index (χ1n) is 6.61. The molecule has 0 fully saturated rings. The maximum absolute atomic E-state index is 8.77. The first kappa shape index (κ1) is 14.6. The van der Waals surface area contributed by atoms with E-state index >= 15 is 0 Å². The molecule has 0 radical (unpaired) electrons. The molecule has 0 bridgehead atoms. The minimum atomic E-state index is 0.363. The van der Waals surface area contributed by atoms with Gasteiger partial charge in [0.05, 0.1) is 0 Å². The van der Waals surface area contributed by atoms with Gasteiger partial charge in [0.25, 0.3) is 0 Å². The molecule has 0 aliphatic heterocycles. The van der Waals surface area contributed by atoms with Crippen LogP contribution in [0, 0.1) is 0 Å². The second-order valence-corrected chi connectivity index (χ2v) is 5.70. The molecule has 0 N–H and O–H groups in total. The molecule has 0 spiro atoms. The fraction of sp³-hybridized carbons (Fsp3) is 0.600. The molecular weight excluding hydrogens is 222 g/mol. The van der Waals surface area contributed by atoms with Gasteiger partial charge in [0.1, 0.15) is 0 Å². The molecule has 18 heavy (non-hydrogen) atoms. The van der Waals surface area contributed by atoms with E-state index in [-0.39, 0.29) is 0 Å². The van der Waals surface area contributed by atoms with Crippen molar-refractivity contribution in [1.29, 1.82) is 0 Å². The molecule has 0 heterocycles. The predicted molar refractivity (Wildman–Crippen MR) is 77.5 cm³/mol. The molecule has 3 heteroatoms. The third kappa shape index (κ3) is 3.05. The van der Waals surface area contributed by atoms with Gasteiger partial charge in [-0.25, -0.2) is 0 Å². The van der Waals surface area contributed by atoms with Crippen molar-refractivity contribution < 1.29 is 0 Å².